The van der Waals surface area contributed by atoms with E-state index in [1.165, 1.54) is 37.7 Å². The number of unbranched alkanes of at least 4 members (excludes halogenated alkanes) is 3. The Hall–Kier alpha value is -0.380. The first kappa shape index (κ1) is 16.7. The van der Waals surface area contributed by atoms with Gasteiger partial charge in [0, 0.05) is 6.54 Å². The summed E-state index contributed by atoms with van der Waals surface area (Å²) in [7, 11) is 0. The third kappa shape index (κ3) is 9.20. The molecule has 1 aromatic heterocycles. The van der Waals surface area contributed by atoms with Crippen LogP contribution in [0.5, 0.6) is 0 Å². The fraction of sp³-hybridized carbons (Fsp3) is 0.750. The monoisotopic (exact) mass is 283 g/mol. The normalized spacial score (nSPS) is 12.7. The first-order chi connectivity index (χ1) is 9.33. The van der Waals surface area contributed by atoms with Crippen molar-refractivity contribution < 1.29 is 4.74 Å². The molecule has 3 heteroatoms. The minimum absolute atomic E-state index is 0.413. The van der Waals surface area contributed by atoms with Crippen molar-refractivity contribution in [1.82, 2.24) is 5.32 Å². The lowest BCUT2D eigenvalue weighted by Gasteiger charge is -2.13. The van der Waals surface area contributed by atoms with Crippen LogP contribution in [0.2, 0.25) is 0 Å². The minimum atomic E-state index is 0.413. The number of hydrogen-bond donors (Lipinski definition) is 1. The first-order valence-electron chi connectivity index (χ1n) is 7.66. The lowest BCUT2D eigenvalue weighted by Crippen LogP contribution is -2.24. The maximum Gasteiger partial charge on any atom is 0.0594 e. The quantitative estimate of drug-likeness (QED) is 0.579. The lowest BCUT2D eigenvalue weighted by atomic mass is 10.1. The maximum absolute atomic E-state index is 5.80. The molecule has 0 aliphatic heterocycles. The van der Waals surface area contributed by atoms with E-state index in [2.05, 4.69) is 36.0 Å². The molecule has 0 aliphatic carbocycles. The molecule has 0 radical (unpaired) electrons. The Morgan fingerprint density at radius 3 is 2.89 bits per heavy atom. The second kappa shape index (κ2) is 11.4. The zero-order valence-corrected chi connectivity index (χ0v) is 13.3. The highest BCUT2D eigenvalue weighted by Gasteiger charge is 2.01. The van der Waals surface area contributed by atoms with Crippen LogP contribution in [0.15, 0.2) is 16.8 Å². The summed E-state index contributed by atoms with van der Waals surface area (Å²) >= 11 is 1.77. The van der Waals surface area contributed by atoms with Crippen molar-refractivity contribution in [3.05, 3.63) is 22.4 Å². The molecule has 1 unspecified atom stereocenters. The zero-order valence-electron chi connectivity index (χ0n) is 12.5. The van der Waals surface area contributed by atoms with Gasteiger partial charge in [0.05, 0.1) is 12.7 Å². The molecule has 110 valence electrons. The molecule has 0 saturated heterocycles. The summed E-state index contributed by atoms with van der Waals surface area (Å²) in [5.41, 5.74) is 1.43. The Kier molecular flexibility index (Phi) is 10.0. The Balaban J connectivity index is 1.84. The molecule has 0 bridgehead atoms. The Labute approximate surface area is 122 Å². The largest absolute Gasteiger partial charge is 0.377 e. The second-order valence-corrected chi connectivity index (χ2v) is 5.94. The summed E-state index contributed by atoms with van der Waals surface area (Å²) in [5.74, 6) is 0. The van der Waals surface area contributed by atoms with Crippen LogP contribution in [0.4, 0.5) is 0 Å². The van der Waals surface area contributed by atoms with E-state index in [4.69, 9.17) is 4.74 Å². The van der Waals surface area contributed by atoms with Crippen molar-refractivity contribution in [2.24, 2.45) is 0 Å². The third-order valence-corrected chi connectivity index (χ3v) is 4.05. The van der Waals surface area contributed by atoms with Crippen LogP contribution in [0.3, 0.4) is 0 Å². The molecule has 19 heavy (non-hydrogen) atoms. The van der Waals surface area contributed by atoms with Gasteiger partial charge in [0.25, 0.3) is 0 Å². The number of nitrogens with one attached hydrogen (secondary N) is 1. The molecule has 1 heterocycles. The fourth-order valence-corrected chi connectivity index (χ4v) is 2.77. The van der Waals surface area contributed by atoms with Gasteiger partial charge in [0.1, 0.15) is 0 Å². The molecule has 1 N–H and O–H groups in total. The van der Waals surface area contributed by atoms with Crippen molar-refractivity contribution in [3.8, 4) is 0 Å². The van der Waals surface area contributed by atoms with Crippen molar-refractivity contribution in [3.63, 3.8) is 0 Å². The number of rotatable bonds is 12. The van der Waals surface area contributed by atoms with E-state index in [-0.39, 0.29) is 0 Å². The minimum Gasteiger partial charge on any atom is -0.377 e. The van der Waals surface area contributed by atoms with Gasteiger partial charge in [-0.15, -0.1) is 0 Å². The van der Waals surface area contributed by atoms with Crippen LogP contribution in [0.1, 0.15) is 51.5 Å². The number of ether oxygens (including phenoxy) is 1. The van der Waals surface area contributed by atoms with Crippen molar-refractivity contribution in [1.29, 1.82) is 0 Å². The third-order valence-electron chi connectivity index (χ3n) is 3.32. The highest BCUT2D eigenvalue weighted by atomic mass is 32.1. The molecular formula is C16H29NOS. The van der Waals surface area contributed by atoms with Gasteiger partial charge in [0.2, 0.25) is 0 Å². The molecule has 0 amide bonds. The van der Waals surface area contributed by atoms with E-state index in [0.29, 0.717) is 6.10 Å². The molecule has 2 nitrogen and oxygen atoms in total. The van der Waals surface area contributed by atoms with Gasteiger partial charge in [-0.3, -0.25) is 0 Å². The molecular weight excluding hydrogens is 254 g/mol. The Morgan fingerprint density at radius 2 is 2.16 bits per heavy atom. The van der Waals surface area contributed by atoms with Gasteiger partial charge in [-0.1, -0.05) is 32.6 Å². The molecule has 0 saturated carbocycles. The van der Waals surface area contributed by atoms with Crippen LogP contribution in [-0.4, -0.2) is 25.8 Å². The van der Waals surface area contributed by atoms with Crippen LogP contribution in [0.25, 0.3) is 0 Å². The summed E-state index contributed by atoms with van der Waals surface area (Å²) in [6.45, 7) is 7.28. The zero-order chi connectivity index (χ0) is 13.8. The van der Waals surface area contributed by atoms with Crippen LogP contribution in [0, 0.1) is 0 Å². The average Bonchev–Trinajstić information content (AvgIpc) is 2.92. The highest BCUT2D eigenvalue weighted by molar-refractivity contribution is 7.07. The predicted molar refractivity (Wildman–Crippen MR) is 85.1 cm³/mol. The van der Waals surface area contributed by atoms with Crippen molar-refractivity contribution in [2.45, 2.75) is 58.5 Å². The Bertz CT molecular complexity index is 287. The second-order valence-electron chi connectivity index (χ2n) is 5.16. The average molecular weight is 283 g/mol. The summed E-state index contributed by atoms with van der Waals surface area (Å²) in [5, 5.41) is 7.79. The summed E-state index contributed by atoms with van der Waals surface area (Å²) in [4.78, 5) is 0. The summed E-state index contributed by atoms with van der Waals surface area (Å²) < 4.78 is 5.80. The van der Waals surface area contributed by atoms with Gasteiger partial charge in [0.15, 0.2) is 0 Å². The van der Waals surface area contributed by atoms with E-state index in [1.54, 1.807) is 11.3 Å². The van der Waals surface area contributed by atoms with Crippen LogP contribution >= 0.6 is 11.3 Å². The molecule has 0 aromatic carbocycles. The molecule has 1 aromatic rings. The number of hydrogen-bond acceptors (Lipinski definition) is 3. The molecule has 0 spiro atoms. The fourth-order valence-electron chi connectivity index (χ4n) is 2.07. The predicted octanol–water partition coefficient (Wildman–Crippen LogP) is 4.26. The van der Waals surface area contributed by atoms with Gasteiger partial charge < -0.3 is 10.1 Å². The summed E-state index contributed by atoms with van der Waals surface area (Å²) in [6.07, 6.45) is 8.06. The highest BCUT2D eigenvalue weighted by Crippen LogP contribution is 2.07. The van der Waals surface area contributed by atoms with Gasteiger partial charge in [-0.05, 0) is 48.7 Å². The molecule has 1 rings (SSSR count). The Morgan fingerprint density at radius 1 is 1.26 bits per heavy atom. The maximum atomic E-state index is 5.80. The summed E-state index contributed by atoms with van der Waals surface area (Å²) in [6, 6.07) is 2.20. The van der Waals surface area contributed by atoms with Crippen molar-refractivity contribution in [2.75, 3.05) is 19.7 Å². The molecule has 0 fully saturated rings. The van der Waals surface area contributed by atoms with Gasteiger partial charge in [-0.25, -0.2) is 0 Å². The van der Waals surface area contributed by atoms with Gasteiger partial charge in [-0.2, -0.15) is 11.3 Å². The van der Waals surface area contributed by atoms with E-state index in [9.17, 15) is 0 Å². The molecule has 1 atom stereocenters. The topological polar surface area (TPSA) is 21.3 Å². The van der Waals surface area contributed by atoms with E-state index >= 15 is 0 Å². The SMILES string of the molecule is CCCCCCC(C)OCCNCCc1ccsc1. The van der Waals surface area contributed by atoms with E-state index in [0.717, 1.165) is 26.1 Å². The lowest BCUT2D eigenvalue weighted by molar-refractivity contribution is 0.0605. The van der Waals surface area contributed by atoms with Crippen LogP contribution in [-0.2, 0) is 11.2 Å². The standard InChI is InChI=1S/C16H29NOS/c1-3-4-5-6-7-15(2)18-12-11-17-10-8-16-9-13-19-14-16/h9,13-15,17H,3-8,10-12H2,1-2H3. The smallest absolute Gasteiger partial charge is 0.0594 e. The number of thiophene rings is 1. The van der Waals surface area contributed by atoms with Crippen molar-refractivity contribution >= 4 is 11.3 Å². The molecule has 0 aliphatic rings. The first-order valence-corrected chi connectivity index (χ1v) is 8.60. The van der Waals surface area contributed by atoms with E-state index in [1.807, 2.05) is 0 Å². The van der Waals surface area contributed by atoms with Gasteiger partial charge >= 0.3 is 0 Å². The van der Waals surface area contributed by atoms with E-state index < -0.39 is 0 Å². The van der Waals surface area contributed by atoms with Crippen LogP contribution < -0.4 is 5.32 Å².